The van der Waals surface area contributed by atoms with Crippen LogP contribution in [-0.4, -0.2) is 4.99 Å². The van der Waals surface area contributed by atoms with Crippen molar-refractivity contribution in [3.05, 3.63) is 93.2 Å². The fourth-order valence-electron chi connectivity index (χ4n) is 3.08. The molecule has 0 unspecified atom stereocenters. The van der Waals surface area contributed by atoms with Crippen molar-refractivity contribution >= 4 is 57.6 Å². The first-order valence-electron chi connectivity index (χ1n) is 8.99. The average molecular weight is 443 g/mol. The predicted molar refractivity (Wildman–Crippen MR) is 123 cm³/mol. The van der Waals surface area contributed by atoms with E-state index in [0.29, 0.717) is 26.3 Å². The monoisotopic (exact) mass is 442 g/mol. The van der Waals surface area contributed by atoms with E-state index in [4.69, 9.17) is 35.4 Å². The van der Waals surface area contributed by atoms with Gasteiger partial charge in [-0.3, -0.25) is 0 Å². The summed E-state index contributed by atoms with van der Waals surface area (Å²) in [6, 6.07) is 14.7. The molecule has 0 bridgehead atoms. The summed E-state index contributed by atoms with van der Waals surface area (Å²) in [6.07, 6.45) is 3.66. The number of pyridine rings is 1. The van der Waals surface area contributed by atoms with Gasteiger partial charge in [0.1, 0.15) is 0 Å². The first-order valence-corrected chi connectivity index (χ1v) is 10.2. The minimum atomic E-state index is -0.249. The molecule has 1 aromatic heterocycles. The van der Waals surface area contributed by atoms with Gasteiger partial charge in [0.05, 0.1) is 10.0 Å². The molecule has 3 nitrogen and oxygen atoms in total. The molecule has 0 fully saturated rings. The van der Waals surface area contributed by atoms with E-state index >= 15 is 0 Å². The maximum Gasteiger partial charge on any atom is 0.238 e. The molecule has 0 aliphatic carbocycles. The smallest absolute Gasteiger partial charge is 0.238 e. The number of rotatable bonds is 4. The summed E-state index contributed by atoms with van der Waals surface area (Å²) < 4.78 is 1.73. The lowest BCUT2D eigenvalue weighted by Crippen LogP contribution is -2.40. The van der Waals surface area contributed by atoms with Crippen LogP contribution in [0.25, 0.3) is 11.5 Å². The molecule has 29 heavy (non-hydrogen) atoms. The number of hydrogen-bond acceptors (Lipinski definition) is 2. The van der Waals surface area contributed by atoms with Gasteiger partial charge in [-0.05, 0) is 73.6 Å². The predicted octanol–water partition coefficient (Wildman–Crippen LogP) is 5.33. The van der Waals surface area contributed by atoms with Crippen LogP contribution in [0.5, 0.6) is 0 Å². The lowest BCUT2D eigenvalue weighted by molar-refractivity contribution is -0.578. The molecular weight excluding hydrogens is 423 g/mol. The first-order chi connectivity index (χ1) is 13.7. The molecule has 1 heterocycles. The Labute approximate surface area is 186 Å². The van der Waals surface area contributed by atoms with Crippen molar-refractivity contribution in [1.82, 2.24) is 0 Å². The number of hydrogen-bond donors (Lipinski definition) is 1. The first kappa shape index (κ1) is 21.3. The number of aryl methyl sites for hydroxylation is 3. The zero-order valence-electron chi connectivity index (χ0n) is 16.3. The summed E-state index contributed by atoms with van der Waals surface area (Å²) in [5, 5.41) is 17.3. The van der Waals surface area contributed by atoms with Crippen LogP contribution in [0.4, 0.5) is 5.69 Å². The van der Waals surface area contributed by atoms with Crippen LogP contribution in [0.3, 0.4) is 0 Å². The van der Waals surface area contributed by atoms with E-state index in [1.54, 1.807) is 29.0 Å². The third kappa shape index (κ3) is 5.15. The summed E-state index contributed by atoms with van der Waals surface area (Å²) in [7, 11) is 0. The maximum atomic E-state index is 13.4. The molecule has 0 aliphatic heterocycles. The Morgan fingerprint density at radius 3 is 2.24 bits per heavy atom. The molecule has 0 aliphatic rings. The maximum absolute atomic E-state index is 13.4. The molecule has 0 saturated carbocycles. The van der Waals surface area contributed by atoms with Crippen molar-refractivity contribution in [2.24, 2.45) is 0 Å². The Kier molecular flexibility index (Phi) is 6.58. The Morgan fingerprint density at radius 2 is 1.62 bits per heavy atom. The van der Waals surface area contributed by atoms with Crippen LogP contribution in [0.2, 0.25) is 10.0 Å². The normalized spacial score (nSPS) is 11.8. The van der Waals surface area contributed by atoms with Crippen LogP contribution >= 0.6 is 35.4 Å². The summed E-state index contributed by atoms with van der Waals surface area (Å²) in [4.78, 5) is 0.321. The highest BCUT2D eigenvalue weighted by Gasteiger charge is 2.19. The van der Waals surface area contributed by atoms with Crippen molar-refractivity contribution < 1.29 is 9.67 Å². The highest BCUT2D eigenvalue weighted by Crippen LogP contribution is 2.26. The average Bonchev–Trinajstić information content (AvgIpc) is 2.63. The van der Waals surface area contributed by atoms with E-state index < -0.39 is 0 Å². The second-order valence-corrected chi connectivity index (χ2v) is 8.15. The molecule has 2 aromatic carbocycles. The Hall–Kier alpha value is -2.40. The molecule has 0 spiro atoms. The van der Waals surface area contributed by atoms with Gasteiger partial charge in [0.2, 0.25) is 5.70 Å². The highest BCUT2D eigenvalue weighted by atomic mass is 35.5. The van der Waals surface area contributed by atoms with Gasteiger partial charge in [-0.15, -0.1) is 0 Å². The Morgan fingerprint density at radius 1 is 0.931 bits per heavy atom. The number of nitrogens with zero attached hydrogens (tertiary/aromatic N) is 1. The SMILES string of the molecule is Cc1cc(C)cc(NC(=S)C(=C([O-])c2ccc(Cl)c(Cl)c2)[n+]2cccc(C)c2)c1. The number of halogens is 2. The van der Waals surface area contributed by atoms with Gasteiger partial charge >= 0.3 is 0 Å². The van der Waals surface area contributed by atoms with Crippen LogP contribution in [0.1, 0.15) is 22.3 Å². The van der Waals surface area contributed by atoms with E-state index in [-0.39, 0.29) is 5.76 Å². The van der Waals surface area contributed by atoms with Crippen LogP contribution in [0, 0.1) is 20.8 Å². The van der Waals surface area contributed by atoms with E-state index in [0.717, 1.165) is 22.4 Å². The minimum Gasteiger partial charge on any atom is -0.867 e. The van der Waals surface area contributed by atoms with E-state index in [1.807, 2.05) is 51.2 Å². The third-order valence-electron chi connectivity index (χ3n) is 4.30. The third-order valence-corrected chi connectivity index (χ3v) is 5.33. The molecule has 1 N–H and O–H groups in total. The van der Waals surface area contributed by atoms with E-state index in [9.17, 15) is 5.11 Å². The zero-order valence-corrected chi connectivity index (χ0v) is 18.6. The summed E-state index contributed by atoms with van der Waals surface area (Å²) in [6.45, 7) is 5.99. The lowest BCUT2D eigenvalue weighted by atomic mass is 10.1. The minimum absolute atomic E-state index is 0.249. The number of nitrogens with one attached hydrogen (secondary N) is 1. The summed E-state index contributed by atoms with van der Waals surface area (Å²) >= 11 is 17.8. The number of benzene rings is 2. The Balaban J connectivity index is 2.12. The topological polar surface area (TPSA) is 39.0 Å². The van der Waals surface area contributed by atoms with Crippen LogP contribution < -0.4 is 15.0 Å². The van der Waals surface area contributed by atoms with Gasteiger partial charge in [0.25, 0.3) is 0 Å². The number of aromatic nitrogens is 1. The largest absolute Gasteiger partial charge is 0.867 e. The van der Waals surface area contributed by atoms with Crippen molar-refractivity contribution in [2.75, 3.05) is 5.32 Å². The lowest BCUT2D eigenvalue weighted by Gasteiger charge is -2.18. The van der Waals surface area contributed by atoms with Gasteiger partial charge < -0.3 is 10.4 Å². The zero-order chi connectivity index (χ0) is 21.1. The molecule has 0 saturated heterocycles. The fraction of sp³-hybridized carbons (Fsp3) is 0.130. The number of anilines is 1. The van der Waals surface area contributed by atoms with Gasteiger partial charge in [0.15, 0.2) is 17.4 Å². The molecule has 3 aromatic rings. The van der Waals surface area contributed by atoms with E-state index in [2.05, 4.69) is 11.4 Å². The summed E-state index contributed by atoms with van der Waals surface area (Å²) in [5.41, 5.74) is 4.79. The second-order valence-electron chi connectivity index (χ2n) is 6.93. The fourth-order valence-corrected chi connectivity index (χ4v) is 3.69. The number of thiocarbonyl (C=S) groups is 1. The van der Waals surface area contributed by atoms with Crippen molar-refractivity contribution in [1.29, 1.82) is 0 Å². The molecule has 0 radical (unpaired) electrons. The highest BCUT2D eigenvalue weighted by molar-refractivity contribution is 7.81. The van der Waals surface area contributed by atoms with Crippen molar-refractivity contribution in [3.8, 4) is 0 Å². The summed E-state index contributed by atoms with van der Waals surface area (Å²) in [5.74, 6) is -0.249. The van der Waals surface area contributed by atoms with Crippen LogP contribution in [-0.2, 0) is 0 Å². The van der Waals surface area contributed by atoms with Crippen LogP contribution in [0.15, 0.2) is 60.9 Å². The molecule has 6 heteroatoms. The van der Waals surface area contributed by atoms with E-state index in [1.165, 1.54) is 0 Å². The Bertz CT molecular complexity index is 1110. The van der Waals surface area contributed by atoms with Crippen molar-refractivity contribution in [2.45, 2.75) is 20.8 Å². The standard InChI is InChI=1S/C23H20Cl2N2OS/c1-14-5-4-8-27(13-14)21(22(28)17-6-7-19(24)20(25)12-17)23(29)26-18-10-15(2)9-16(3)11-18/h4-13H,1-3H3,(H-,26,28,29). The van der Waals surface area contributed by atoms with Gasteiger partial charge in [-0.25, -0.2) is 0 Å². The molecular formula is C23H20Cl2N2OS. The quantitative estimate of drug-likeness (QED) is 0.256. The molecule has 148 valence electrons. The molecule has 0 atom stereocenters. The van der Waals surface area contributed by atoms with Gasteiger partial charge in [0, 0.05) is 17.3 Å². The molecule has 3 rings (SSSR count). The molecule has 0 amide bonds. The van der Waals surface area contributed by atoms with Crippen molar-refractivity contribution in [3.63, 3.8) is 0 Å². The van der Waals surface area contributed by atoms with Gasteiger partial charge in [-0.1, -0.05) is 47.6 Å². The second kappa shape index (κ2) is 8.95. The van der Waals surface area contributed by atoms with Gasteiger partial charge in [-0.2, -0.15) is 4.57 Å².